The highest BCUT2D eigenvalue weighted by Crippen LogP contribution is 2.39. The van der Waals surface area contributed by atoms with Crippen LogP contribution in [0.15, 0.2) is 37.5 Å². The molecule has 0 saturated carbocycles. The lowest BCUT2D eigenvalue weighted by Crippen LogP contribution is -2.34. The van der Waals surface area contributed by atoms with Crippen LogP contribution in [-0.2, 0) is 42.1 Å². The van der Waals surface area contributed by atoms with Crippen LogP contribution in [0.3, 0.4) is 0 Å². The lowest BCUT2D eigenvalue weighted by atomic mass is 10.1. The molecule has 8 N–H and O–H groups in total. The Morgan fingerprint density at radius 2 is 1.15 bits per heavy atom. The van der Waals surface area contributed by atoms with Crippen molar-refractivity contribution in [2.45, 2.75) is 49.1 Å². The molecule has 6 unspecified atom stereocenters. The van der Waals surface area contributed by atoms with Gasteiger partial charge in [0.2, 0.25) is 0 Å². The predicted molar refractivity (Wildman–Crippen MR) is 176 cm³/mol. The molecule has 4 aromatic heterocycles. The summed E-state index contributed by atoms with van der Waals surface area (Å²) < 4.78 is 25.4. The fourth-order valence-electron chi connectivity index (χ4n) is 5.49. The van der Waals surface area contributed by atoms with Crippen LogP contribution in [0.4, 0.5) is 11.6 Å². The zero-order valence-electron chi connectivity index (χ0n) is 24.6. The van der Waals surface area contributed by atoms with Crippen LogP contribution in [0.2, 0.25) is 0 Å². The number of hydrogen-bond donors (Lipinski definition) is 8. The lowest BCUT2D eigenvalue weighted by Gasteiger charge is -2.21. The van der Waals surface area contributed by atoms with Crippen LogP contribution in [0.25, 0.3) is 22.3 Å². The number of aromatic nitrogens is 8. The van der Waals surface area contributed by atoms with Gasteiger partial charge in [0.25, 0.3) is 0 Å². The summed E-state index contributed by atoms with van der Waals surface area (Å²) in [5.41, 5.74) is 1.58. The first-order valence-electron chi connectivity index (χ1n) is 14.4. The Bertz CT molecular complexity index is 1690. The molecule has 48 heavy (non-hydrogen) atoms. The average molecular weight is 747 g/mol. The van der Waals surface area contributed by atoms with Gasteiger partial charge in [0.05, 0.1) is 25.9 Å². The highest BCUT2D eigenvalue weighted by molar-refractivity contribution is 8.00. The molecule has 2 fully saturated rings. The normalized spacial score (nSPS) is 28.9. The van der Waals surface area contributed by atoms with Gasteiger partial charge < -0.3 is 59.4 Å². The van der Waals surface area contributed by atoms with Crippen molar-refractivity contribution < 1.29 is 48.7 Å². The summed E-state index contributed by atoms with van der Waals surface area (Å²) in [5, 5.41) is 46.6. The fourth-order valence-corrected chi connectivity index (χ4v) is 7.13. The van der Waals surface area contributed by atoms with Crippen LogP contribution >= 0.6 is 14.3 Å². The number of hydrogen-bond acceptors (Lipinski definition) is 18. The third-order valence-electron chi connectivity index (χ3n) is 7.67. The highest BCUT2D eigenvalue weighted by Gasteiger charge is 2.47. The zero-order valence-corrected chi connectivity index (χ0v) is 28.3. The Labute approximate surface area is 282 Å². The van der Waals surface area contributed by atoms with Gasteiger partial charge in [-0.1, -0.05) is 12.2 Å². The maximum atomic E-state index is 10.5. The summed E-state index contributed by atoms with van der Waals surface area (Å²) in [5.74, 6) is 0.861. The second kappa shape index (κ2) is 15.5. The van der Waals surface area contributed by atoms with Gasteiger partial charge in [-0.2, -0.15) is 0 Å². The summed E-state index contributed by atoms with van der Waals surface area (Å²) in [4.78, 5) is 45.3. The molecule has 260 valence electrons. The van der Waals surface area contributed by atoms with E-state index in [2.05, 4.69) is 40.5 Å². The number of anilines is 2. The van der Waals surface area contributed by atoms with Gasteiger partial charge in [-0.05, 0) is 23.6 Å². The van der Waals surface area contributed by atoms with Crippen molar-refractivity contribution in [3.8, 4) is 0 Å². The van der Waals surface area contributed by atoms with E-state index in [4.69, 9.17) is 42.1 Å². The monoisotopic (exact) mass is 746 g/mol. The van der Waals surface area contributed by atoms with E-state index in [1.54, 1.807) is 0 Å². The average Bonchev–Trinajstić information content (AvgIpc) is 3.83. The predicted octanol–water partition coefficient (Wildman–Crippen LogP) is -1.69. The molecular formula is C24H32N10O10P2S2. The first-order chi connectivity index (χ1) is 23.2. The molecule has 0 bridgehead atoms. The molecular weight excluding hydrogens is 714 g/mol. The van der Waals surface area contributed by atoms with E-state index in [1.165, 1.54) is 34.4 Å². The van der Waals surface area contributed by atoms with Crippen molar-refractivity contribution in [3.63, 3.8) is 0 Å². The van der Waals surface area contributed by atoms with Crippen molar-refractivity contribution in [3.05, 3.63) is 37.5 Å². The molecule has 0 radical (unpaired) electrons. The van der Waals surface area contributed by atoms with Gasteiger partial charge in [-0.25, -0.2) is 29.9 Å². The van der Waals surface area contributed by atoms with Crippen LogP contribution in [0, 0.1) is 0 Å². The minimum Gasteiger partial charge on any atom is -0.394 e. The second-order valence-corrected chi connectivity index (χ2v) is 14.1. The molecule has 4 aromatic rings. The van der Waals surface area contributed by atoms with Crippen LogP contribution in [-0.4, -0.2) is 132 Å². The first-order valence-corrected chi connectivity index (χ1v) is 19.3. The summed E-state index contributed by atoms with van der Waals surface area (Å²) in [6.07, 6.45) is 0.934. The SMILES string of the molecule is OCC1OC(n2cnc3c(NC/C=C/CNc4ncnc5c4ncn5C4OC(CO)[C@@H](O)[C@H]4O[PH](O)=S)ncnc32)[C@H](O[PH](O)=S)[C@@H]1O. The summed E-state index contributed by atoms with van der Waals surface area (Å²) >= 11 is 9.62. The van der Waals surface area contributed by atoms with Gasteiger partial charge >= 0.3 is 0 Å². The van der Waals surface area contributed by atoms with Gasteiger partial charge in [-0.3, -0.25) is 9.13 Å². The Morgan fingerprint density at radius 1 is 0.729 bits per heavy atom. The van der Waals surface area contributed by atoms with Crippen molar-refractivity contribution >= 4 is 71.9 Å². The minimum absolute atomic E-state index is 0.365. The van der Waals surface area contributed by atoms with Crippen LogP contribution < -0.4 is 10.6 Å². The molecule has 10 atom stereocenters. The Morgan fingerprint density at radius 3 is 1.52 bits per heavy atom. The van der Waals surface area contributed by atoms with Crippen molar-refractivity contribution in [2.24, 2.45) is 0 Å². The first kappa shape index (κ1) is 35.2. The minimum atomic E-state index is -2.60. The maximum Gasteiger partial charge on any atom is 0.173 e. The Hall–Kier alpha value is -2.66. The molecule has 2 aliphatic heterocycles. The Balaban J connectivity index is 1.09. The van der Waals surface area contributed by atoms with Crippen molar-refractivity contribution in [1.82, 2.24) is 39.0 Å². The standard InChI is InChI=1S/C24H32N10O10P2S2/c35-5-11-15(37)17(43-45(39)47)23(41-11)33-9-31-13-19(27-7-29-21(13)33)25-3-1-2-4-26-20-14-22(30-8-28-20)34(10-32-14)24-18(44-46(40)48)16(38)12(6-36)42-24/h1-2,7-12,15-18,23-24,35-38,45-46H,3-6H2,(H,39,47)(H,40,48)(H,25,27,29)(H,26,28,30)/b2-1+/t11?,12?,15-,16-,17-,18-,23?,24?/m1/s1. The van der Waals surface area contributed by atoms with E-state index in [0.29, 0.717) is 47.1 Å². The number of aliphatic hydroxyl groups excluding tert-OH is 4. The van der Waals surface area contributed by atoms with E-state index >= 15 is 0 Å². The van der Waals surface area contributed by atoms with Crippen molar-refractivity contribution in [2.75, 3.05) is 36.9 Å². The largest absolute Gasteiger partial charge is 0.394 e. The molecule has 0 aromatic carbocycles. The third kappa shape index (κ3) is 7.14. The highest BCUT2D eigenvalue weighted by atomic mass is 32.4. The Kier molecular flexibility index (Phi) is 11.3. The molecule has 20 nitrogen and oxygen atoms in total. The van der Waals surface area contributed by atoms with Crippen molar-refractivity contribution in [1.29, 1.82) is 0 Å². The lowest BCUT2D eigenvalue weighted by molar-refractivity contribution is -0.0483. The number of nitrogens with zero attached hydrogens (tertiary/aromatic N) is 8. The number of aliphatic hydroxyl groups is 4. The molecule has 6 heterocycles. The third-order valence-corrected chi connectivity index (χ3v) is 9.19. The molecule has 6 rings (SSSR count). The number of fused-ring (bicyclic) bond motifs is 2. The smallest absolute Gasteiger partial charge is 0.173 e. The number of ether oxygens (including phenoxy) is 2. The molecule has 0 amide bonds. The van der Waals surface area contributed by atoms with E-state index in [1.807, 2.05) is 12.2 Å². The van der Waals surface area contributed by atoms with Crippen LogP contribution in [0.1, 0.15) is 12.5 Å². The molecule has 0 aliphatic carbocycles. The van der Waals surface area contributed by atoms with Crippen LogP contribution in [0.5, 0.6) is 0 Å². The quantitative estimate of drug-likeness (QED) is 0.0528. The van der Waals surface area contributed by atoms with E-state index in [-0.39, 0.29) is 0 Å². The van der Waals surface area contributed by atoms with Gasteiger partial charge in [-0.15, -0.1) is 0 Å². The maximum absolute atomic E-state index is 10.5. The van der Waals surface area contributed by atoms with Gasteiger partial charge in [0.1, 0.15) is 49.3 Å². The van der Waals surface area contributed by atoms with E-state index in [0.717, 1.165) is 0 Å². The van der Waals surface area contributed by atoms with Gasteiger partial charge in [0, 0.05) is 13.1 Å². The van der Waals surface area contributed by atoms with Gasteiger partial charge in [0.15, 0.2) is 60.7 Å². The molecule has 0 spiro atoms. The zero-order chi connectivity index (χ0) is 33.9. The van der Waals surface area contributed by atoms with E-state index in [9.17, 15) is 30.2 Å². The molecule has 24 heteroatoms. The fraction of sp³-hybridized carbons (Fsp3) is 0.500. The topological polar surface area (TPSA) is 270 Å². The van der Waals surface area contributed by atoms with E-state index < -0.39 is 76.6 Å². The number of rotatable bonds is 14. The second-order valence-electron chi connectivity index (χ2n) is 10.5. The summed E-state index contributed by atoms with van der Waals surface area (Å²) in [6, 6.07) is 0. The summed E-state index contributed by atoms with van der Waals surface area (Å²) in [6.45, 7) is -0.199. The molecule has 2 saturated heterocycles. The number of imidazole rings is 2. The number of nitrogens with one attached hydrogen (secondary N) is 2. The summed E-state index contributed by atoms with van der Waals surface area (Å²) in [7, 11) is -5.20. The molecule has 2 aliphatic rings.